The molecule has 5 nitrogen and oxygen atoms in total. The van der Waals surface area contributed by atoms with Crippen LogP contribution < -0.4 is 5.32 Å². The van der Waals surface area contributed by atoms with Crippen LogP contribution in [0.2, 0.25) is 0 Å². The molecule has 0 aromatic heterocycles. The summed E-state index contributed by atoms with van der Waals surface area (Å²) in [5.41, 5.74) is 4.68. The zero-order chi connectivity index (χ0) is 16.1. The van der Waals surface area contributed by atoms with Crippen LogP contribution in [0.15, 0.2) is 53.5 Å². The second-order valence-electron chi connectivity index (χ2n) is 5.16. The highest BCUT2D eigenvalue weighted by Gasteiger charge is 2.28. The molecule has 0 aliphatic heterocycles. The van der Waals surface area contributed by atoms with Crippen LogP contribution in [0.4, 0.5) is 4.79 Å². The fraction of sp³-hybridized carbons (Fsp3) is 0.222. The molecule has 2 aromatic carbocycles. The molecule has 0 atom stereocenters. The second-order valence-corrected chi connectivity index (χ2v) is 5.16. The Balaban J connectivity index is 1.68. The first-order valence-electron chi connectivity index (χ1n) is 7.37. The number of aliphatic imine (C=N–C) groups is 1. The molecule has 1 radical (unpaired) electrons. The van der Waals surface area contributed by atoms with Gasteiger partial charge in [0.05, 0.1) is 13.1 Å². The molecule has 1 aliphatic carbocycles. The number of hydrogen-bond donors (Lipinski definition) is 0. The lowest BCUT2D eigenvalue weighted by molar-refractivity contribution is 0.142. The lowest BCUT2D eigenvalue weighted by Gasteiger charge is -2.13. The number of isocyanates is 1. The number of carbonyl (C=O) groups is 1. The van der Waals surface area contributed by atoms with Crippen molar-refractivity contribution in [3.05, 3.63) is 59.7 Å². The summed E-state index contributed by atoms with van der Waals surface area (Å²) < 4.78 is 5.27. The summed E-state index contributed by atoms with van der Waals surface area (Å²) in [6, 6.07) is 16.3. The molecule has 0 fully saturated rings. The first-order valence-corrected chi connectivity index (χ1v) is 7.37. The maximum Gasteiger partial charge on any atom is 0.429 e. The molecule has 2 aromatic rings. The summed E-state index contributed by atoms with van der Waals surface area (Å²) in [7, 11) is 0. The lowest BCUT2D eigenvalue weighted by Crippen LogP contribution is -2.22. The SMILES string of the molecule is O=C=NCC[N]C(=O)OCC1c2ccccc2-c2ccccc21. The monoisotopic (exact) mass is 307 g/mol. The molecule has 0 unspecified atom stereocenters. The minimum atomic E-state index is -0.632. The van der Waals surface area contributed by atoms with E-state index in [-0.39, 0.29) is 25.6 Å². The Morgan fingerprint density at radius 1 is 1.00 bits per heavy atom. The zero-order valence-electron chi connectivity index (χ0n) is 12.4. The fourth-order valence-corrected chi connectivity index (χ4v) is 2.88. The van der Waals surface area contributed by atoms with Gasteiger partial charge in [-0.05, 0) is 22.3 Å². The average Bonchev–Trinajstić information content (AvgIpc) is 2.91. The molecule has 0 bridgehead atoms. The number of fused-ring (bicyclic) bond motifs is 3. The average molecular weight is 307 g/mol. The first-order chi connectivity index (χ1) is 11.3. The van der Waals surface area contributed by atoms with Gasteiger partial charge in [-0.15, -0.1) is 0 Å². The molecule has 115 valence electrons. The third-order valence-electron chi connectivity index (χ3n) is 3.85. The highest BCUT2D eigenvalue weighted by Crippen LogP contribution is 2.44. The number of nitrogens with zero attached hydrogens (tertiary/aromatic N) is 2. The summed E-state index contributed by atoms with van der Waals surface area (Å²) in [5, 5.41) is 3.70. The Kier molecular flexibility index (Phi) is 4.50. The summed E-state index contributed by atoms with van der Waals surface area (Å²) in [4.78, 5) is 24.9. The molecular formula is C18H15N2O3. The standard InChI is InChI=1S/C18H15N2O3/c21-12-19-9-10-20-18(22)23-11-17-15-7-3-1-5-13(15)14-6-2-4-8-16(14)17/h1-8,17H,9-11H2. The van der Waals surface area contributed by atoms with Crippen molar-refractivity contribution < 1.29 is 14.3 Å². The van der Waals surface area contributed by atoms with Gasteiger partial charge >= 0.3 is 6.09 Å². The van der Waals surface area contributed by atoms with Gasteiger partial charge in [0.1, 0.15) is 6.61 Å². The van der Waals surface area contributed by atoms with Crippen LogP contribution in [0.1, 0.15) is 17.0 Å². The molecule has 1 aliphatic rings. The van der Waals surface area contributed by atoms with Crippen molar-refractivity contribution in [2.24, 2.45) is 4.99 Å². The maximum atomic E-state index is 11.7. The van der Waals surface area contributed by atoms with E-state index in [1.807, 2.05) is 24.3 Å². The Labute approximate surface area is 134 Å². The predicted molar refractivity (Wildman–Crippen MR) is 85.1 cm³/mol. The van der Waals surface area contributed by atoms with Crippen LogP contribution in [0, 0.1) is 0 Å². The summed E-state index contributed by atoms with van der Waals surface area (Å²) in [6.07, 6.45) is 0.772. The van der Waals surface area contributed by atoms with Gasteiger partial charge < -0.3 is 4.74 Å². The summed E-state index contributed by atoms with van der Waals surface area (Å²) >= 11 is 0. The van der Waals surface area contributed by atoms with Gasteiger partial charge in [0, 0.05) is 5.92 Å². The lowest BCUT2D eigenvalue weighted by atomic mass is 9.98. The minimum Gasteiger partial charge on any atom is -0.447 e. The van der Waals surface area contributed by atoms with Gasteiger partial charge in [-0.2, -0.15) is 0 Å². The molecule has 5 heteroatoms. The molecule has 0 saturated heterocycles. The number of ether oxygens (including phenoxy) is 1. The molecule has 0 N–H and O–H groups in total. The van der Waals surface area contributed by atoms with Crippen molar-refractivity contribution >= 4 is 12.2 Å². The Morgan fingerprint density at radius 2 is 1.61 bits per heavy atom. The zero-order valence-corrected chi connectivity index (χ0v) is 12.4. The number of rotatable bonds is 5. The molecule has 23 heavy (non-hydrogen) atoms. The van der Waals surface area contributed by atoms with Gasteiger partial charge in [0.2, 0.25) is 6.08 Å². The van der Waals surface area contributed by atoms with E-state index in [9.17, 15) is 9.59 Å². The molecular weight excluding hydrogens is 292 g/mol. The highest BCUT2D eigenvalue weighted by molar-refractivity contribution is 5.79. The minimum absolute atomic E-state index is 0.0227. The fourth-order valence-electron chi connectivity index (χ4n) is 2.88. The molecule has 0 spiro atoms. The smallest absolute Gasteiger partial charge is 0.429 e. The van der Waals surface area contributed by atoms with Crippen molar-refractivity contribution in [2.45, 2.75) is 5.92 Å². The topological polar surface area (TPSA) is 69.8 Å². The summed E-state index contributed by atoms with van der Waals surface area (Å²) in [6.45, 7) is 0.521. The third-order valence-corrected chi connectivity index (χ3v) is 3.85. The van der Waals surface area contributed by atoms with Gasteiger partial charge in [0.25, 0.3) is 0 Å². The van der Waals surface area contributed by atoms with Gasteiger partial charge in [-0.25, -0.2) is 19.9 Å². The molecule has 1 amide bonds. The van der Waals surface area contributed by atoms with E-state index in [1.54, 1.807) is 0 Å². The van der Waals surface area contributed by atoms with E-state index in [4.69, 9.17) is 4.74 Å². The van der Waals surface area contributed by atoms with Crippen molar-refractivity contribution in [3.63, 3.8) is 0 Å². The van der Waals surface area contributed by atoms with Crippen LogP contribution in [-0.2, 0) is 9.53 Å². The number of carbonyl (C=O) groups excluding carboxylic acids is 2. The van der Waals surface area contributed by atoms with Crippen molar-refractivity contribution in [3.8, 4) is 11.1 Å². The number of benzene rings is 2. The van der Waals surface area contributed by atoms with E-state index in [1.165, 1.54) is 17.2 Å². The van der Waals surface area contributed by atoms with Gasteiger partial charge in [-0.1, -0.05) is 48.5 Å². The van der Waals surface area contributed by atoms with Gasteiger partial charge in [-0.3, -0.25) is 0 Å². The van der Waals surface area contributed by atoms with Crippen LogP contribution in [-0.4, -0.2) is 31.9 Å². The van der Waals surface area contributed by atoms with Crippen molar-refractivity contribution in [1.29, 1.82) is 0 Å². The number of hydrogen-bond acceptors (Lipinski definition) is 4. The maximum absolute atomic E-state index is 11.7. The van der Waals surface area contributed by atoms with Crippen LogP contribution >= 0.6 is 0 Å². The Morgan fingerprint density at radius 3 is 2.22 bits per heavy atom. The van der Waals surface area contributed by atoms with E-state index >= 15 is 0 Å². The molecule has 0 heterocycles. The van der Waals surface area contributed by atoms with Crippen molar-refractivity contribution in [2.75, 3.05) is 19.7 Å². The largest absolute Gasteiger partial charge is 0.447 e. The second kappa shape index (κ2) is 6.90. The summed E-state index contributed by atoms with van der Waals surface area (Å²) in [5.74, 6) is 0.0227. The number of amides is 1. The Hall–Kier alpha value is -2.91. The Bertz CT molecular complexity index is 721. The van der Waals surface area contributed by atoms with Crippen LogP contribution in [0.5, 0.6) is 0 Å². The van der Waals surface area contributed by atoms with E-state index < -0.39 is 6.09 Å². The van der Waals surface area contributed by atoms with Crippen LogP contribution in [0.3, 0.4) is 0 Å². The van der Waals surface area contributed by atoms with E-state index in [2.05, 4.69) is 34.6 Å². The quantitative estimate of drug-likeness (QED) is 0.484. The van der Waals surface area contributed by atoms with E-state index in [0.717, 1.165) is 11.1 Å². The molecule has 3 rings (SSSR count). The van der Waals surface area contributed by atoms with E-state index in [0.29, 0.717) is 0 Å². The molecule has 0 saturated carbocycles. The predicted octanol–water partition coefficient (Wildman–Crippen LogP) is 2.88. The van der Waals surface area contributed by atoms with Crippen molar-refractivity contribution in [1.82, 2.24) is 5.32 Å². The first kappa shape index (κ1) is 15.0. The normalized spacial score (nSPS) is 12.0. The van der Waals surface area contributed by atoms with Gasteiger partial charge in [0.15, 0.2) is 0 Å². The third kappa shape index (κ3) is 3.15. The highest BCUT2D eigenvalue weighted by atomic mass is 16.5. The van der Waals surface area contributed by atoms with Crippen LogP contribution in [0.25, 0.3) is 11.1 Å².